The van der Waals surface area contributed by atoms with Crippen molar-refractivity contribution >= 4 is 0 Å². The first kappa shape index (κ1) is 5.98. The third-order valence-electron chi connectivity index (χ3n) is 1.78. The summed E-state index contributed by atoms with van der Waals surface area (Å²) in [6.45, 7) is 2.07. The molecule has 2 heterocycles. The van der Waals surface area contributed by atoms with Crippen LogP contribution in [0.4, 0.5) is 0 Å². The highest BCUT2D eigenvalue weighted by Crippen LogP contribution is 2.13. The molecule has 0 aliphatic carbocycles. The molecule has 0 radical (unpaired) electrons. The lowest BCUT2D eigenvalue weighted by Gasteiger charge is -1.97. The molecule has 2 nitrogen and oxygen atoms in total. The van der Waals surface area contributed by atoms with Gasteiger partial charge in [0.15, 0.2) is 0 Å². The van der Waals surface area contributed by atoms with E-state index in [1.165, 1.54) is 0 Å². The van der Waals surface area contributed by atoms with Gasteiger partial charge in [0.2, 0.25) is 0 Å². The van der Waals surface area contributed by atoms with Crippen LogP contribution in [0.5, 0.6) is 0 Å². The second kappa shape index (κ2) is 2.46. The van der Waals surface area contributed by atoms with Crippen LogP contribution in [0, 0.1) is 0 Å². The molecule has 1 saturated heterocycles. The van der Waals surface area contributed by atoms with Gasteiger partial charge in [-0.2, -0.15) is 0 Å². The minimum atomic E-state index is 0.558. The molecule has 0 bridgehead atoms. The number of hydrogen-bond donors (Lipinski definition) is 0. The van der Waals surface area contributed by atoms with Crippen molar-refractivity contribution in [3.05, 3.63) is 24.5 Å². The topological polar surface area (TPSA) is 17.5 Å². The number of aromatic nitrogens is 1. The molecular formula is C8H11NO. The smallest absolute Gasteiger partial charge is 0.0826 e. The summed E-state index contributed by atoms with van der Waals surface area (Å²) in [5.74, 6) is 0. The number of aryl methyl sites for hydroxylation is 1. The lowest BCUT2D eigenvalue weighted by Crippen LogP contribution is -1.97. The maximum absolute atomic E-state index is 5.09. The first-order valence-corrected chi connectivity index (χ1v) is 3.67. The molecule has 0 N–H and O–H groups in total. The monoisotopic (exact) mass is 137 g/mol. The Labute approximate surface area is 60.4 Å². The van der Waals surface area contributed by atoms with E-state index in [1.807, 2.05) is 12.1 Å². The molecule has 1 aliphatic heterocycles. The van der Waals surface area contributed by atoms with E-state index in [0.717, 1.165) is 19.6 Å². The summed E-state index contributed by atoms with van der Waals surface area (Å²) in [6.07, 6.45) is 5.89. The Hall–Kier alpha value is -0.760. The highest BCUT2D eigenvalue weighted by atomic mass is 16.6. The third kappa shape index (κ3) is 1.39. The Morgan fingerprint density at radius 1 is 1.40 bits per heavy atom. The van der Waals surface area contributed by atoms with Crippen LogP contribution in [0.15, 0.2) is 24.5 Å². The molecule has 1 fully saturated rings. The van der Waals surface area contributed by atoms with Crippen molar-refractivity contribution in [1.29, 1.82) is 0 Å². The summed E-state index contributed by atoms with van der Waals surface area (Å²) in [6, 6.07) is 4.10. The summed E-state index contributed by atoms with van der Waals surface area (Å²) >= 11 is 0. The SMILES string of the molecule is c1ccn(CC[C@H]2CO2)c1. The van der Waals surface area contributed by atoms with E-state index in [4.69, 9.17) is 4.74 Å². The minimum Gasteiger partial charge on any atom is -0.373 e. The second-order valence-corrected chi connectivity index (χ2v) is 2.66. The molecule has 54 valence electrons. The maximum atomic E-state index is 5.09. The van der Waals surface area contributed by atoms with E-state index in [9.17, 15) is 0 Å². The van der Waals surface area contributed by atoms with E-state index in [0.29, 0.717) is 6.10 Å². The van der Waals surface area contributed by atoms with Gasteiger partial charge in [-0.05, 0) is 18.6 Å². The van der Waals surface area contributed by atoms with Crippen molar-refractivity contribution < 1.29 is 4.74 Å². The fourth-order valence-electron chi connectivity index (χ4n) is 1.05. The Balaban J connectivity index is 1.79. The zero-order chi connectivity index (χ0) is 6.81. The molecule has 1 aliphatic rings. The van der Waals surface area contributed by atoms with Crippen LogP contribution in [0.1, 0.15) is 6.42 Å². The van der Waals surface area contributed by atoms with Gasteiger partial charge in [0.1, 0.15) is 0 Å². The predicted octanol–water partition coefficient (Wildman–Crippen LogP) is 1.28. The van der Waals surface area contributed by atoms with Crippen LogP contribution < -0.4 is 0 Å². The van der Waals surface area contributed by atoms with Crippen LogP contribution in [0.25, 0.3) is 0 Å². The largest absolute Gasteiger partial charge is 0.373 e. The van der Waals surface area contributed by atoms with Gasteiger partial charge in [0.25, 0.3) is 0 Å². The van der Waals surface area contributed by atoms with Crippen LogP contribution in [-0.4, -0.2) is 17.3 Å². The number of rotatable bonds is 3. The predicted molar refractivity (Wildman–Crippen MR) is 38.8 cm³/mol. The van der Waals surface area contributed by atoms with Gasteiger partial charge in [0, 0.05) is 18.9 Å². The molecule has 0 aromatic carbocycles. The molecule has 0 saturated carbocycles. The fourth-order valence-corrected chi connectivity index (χ4v) is 1.05. The second-order valence-electron chi connectivity index (χ2n) is 2.66. The Bertz CT molecular complexity index is 189. The molecule has 2 rings (SSSR count). The van der Waals surface area contributed by atoms with E-state index in [-0.39, 0.29) is 0 Å². The van der Waals surface area contributed by atoms with Crippen molar-refractivity contribution in [1.82, 2.24) is 4.57 Å². The fraction of sp³-hybridized carbons (Fsp3) is 0.500. The summed E-state index contributed by atoms with van der Waals surface area (Å²) in [5.41, 5.74) is 0. The van der Waals surface area contributed by atoms with Gasteiger partial charge in [-0.25, -0.2) is 0 Å². The molecule has 0 amide bonds. The average molecular weight is 137 g/mol. The van der Waals surface area contributed by atoms with E-state index in [1.54, 1.807) is 0 Å². The molecule has 2 heteroatoms. The number of epoxide rings is 1. The van der Waals surface area contributed by atoms with Gasteiger partial charge in [-0.3, -0.25) is 0 Å². The van der Waals surface area contributed by atoms with Crippen LogP contribution >= 0.6 is 0 Å². The Kier molecular flexibility index (Phi) is 1.47. The highest BCUT2D eigenvalue weighted by molar-refractivity contribution is 4.90. The molecule has 0 spiro atoms. The zero-order valence-corrected chi connectivity index (χ0v) is 5.86. The molecular weight excluding hydrogens is 126 g/mol. The van der Waals surface area contributed by atoms with Crippen molar-refractivity contribution in [2.75, 3.05) is 6.61 Å². The van der Waals surface area contributed by atoms with Crippen LogP contribution in [0.3, 0.4) is 0 Å². The van der Waals surface area contributed by atoms with Gasteiger partial charge in [-0.15, -0.1) is 0 Å². The molecule has 0 unspecified atom stereocenters. The van der Waals surface area contributed by atoms with Gasteiger partial charge >= 0.3 is 0 Å². The standard InChI is InChI=1S/C8H11NO/c1-2-5-9(4-1)6-3-8-7-10-8/h1-2,4-5,8H,3,6-7H2/t8-/m0/s1. The molecule has 1 atom stereocenters. The average Bonchev–Trinajstić information content (AvgIpc) is 2.63. The maximum Gasteiger partial charge on any atom is 0.0826 e. The van der Waals surface area contributed by atoms with Gasteiger partial charge < -0.3 is 9.30 Å². The lowest BCUT2D eigenvalue weighted by atomic mass is 10.3. The number of hydrogen-bond acceptors (Lipinski definition) is 1. The Morgan fingerprint density at radius 2 is 2.10 bits per heavy atom. The summed E-state index contributed by atoms with van der Waals surface area (Å²) in [7, 11) is 0. The number of ether oxygens (including phenoxy) is 1. The van der Waals surface area contributed by atoms with Gasteiger partial charge in [-0.1, -0.05) is 0 Å². The first-order chi connectivity index (χ1) is 4.95. The normalized spacial score (nSPS) is 23.0. The van der Waals surface area contributed by atoms with Crippen molar-refractivity contribution in [2.24, 2.45) is 0 Å². The lowest BCUT2D eigenvalue weighted by molar-refractivity contribution is 0.385. The minimum absolute atomic E-state index is 0.558. The van der Waals surface area contributed by atoms with Gasteiger partial charge in [0.05, 0.1) is 12.7 Å². The van der Waals surface area contributed by atoms with Crippen molar-refractivity contribution in [2.45, 2.75) is 19.1 Å². The first-order valence-electron chi connectivity index (χ1n) is 3.67. The van der Waals surface area contributed by atoms with Crippen LogP contribution in [0.2, 0.25) is 0 Å². The summed E-state index contributed by atoms with van der Waals surface area (Å²) < 4.78 is 7.28. The summed E-state index contributed by atoms with van der Waals surface area (Å²) in [5, 5.41) is 0. The van der Waals surface area contributed by atoms with Crippen LogP contribution in [-0.2, 0) is 11.3 Å². The number of nitrogens with zero attached hydrogens (tertiary/aromatic N) is 1. The van der Waals surface area contributed by atoms with Crippen molar-refractivity contribution in [3.63, 3.8) is 0 Å². The van der Waals surface area contributed by atoms with Crippen molar-refractivity contribution in [3.8, 4) is 0 Å². The van der Waals surface area contributed by atoms with E-state index in [2.05, 4.69) is 17.0 Å². The molecule has 1 aromatic rings. The third-order valence-corrected chi connectivity index (χ3v) is 1.78. The zero-order valence-electron chi connectivity index (χ0n) is 5.86. The quantitative estimate of drug-likeness (QED) is 0.574. The summed E-state index contributed by atoms with van der Waals surface area (Å²) in [4.78, 5) is 0. The van der Waals surface area contributed by atoms with E-state index >= 15 is 0 Å². The van der Waals surface area contributed by atoms with E-state index < -0.39 is 0 Å². The molecule has 1 aromatic heterocycles. The highest BCUT2D eigenvalue weighted by Gasteiger charge is 2.21. The molecule has 10 heavy (non-hydrogen) atoms. The Morgan fingerprint density at radius 3 is 2.70 bits per heavy atom.